The van der Waals surface area contributed by atoms with Crippen LogP contribution in [0.1, 0.15) is 13.8 Å². The van der Waals surface area contributed by atoms with Crippen LogP contribution in [0.25, 0.3) is 0 Å². The molecular formula is C18H23ClFN5O2S. The summed E-state index contributed by atoms with van der Waals surface area (Å²) < 4.78 is 40.4. The molecule has 7 nitrogen and oxygen atoms in total. The van der Waals surface area contributed by atoms with Gasteiger partial charge in [0.25, 0.3) is 0 Å². The van der Waals surface area contributed by atoms with Gasteiger partial charge >= 0.3 is 0 Å². The summed E-state index contributed by atoms with van der Waals surface area (Å²) in [5.74, 6) is -0.0999. The second-order valence-corrected chi connectivity index (χ2v) is 9.59. The van der Waals surface area contributed by atoms with Crippen molar-refractivity contribution >= 4 is 27.3 Å². The van der Waals surface area contributed by atoms with Gasteiger partial charge in [-0.15, -0.1) is 0 Å². The second-order valence-electron chi connectivity index (χ2n) is 7.30. The van der Waals surface area contributed by atoms with Crippen LogP contribution in [0.2, 0.25) is 5.02 Å². The Kier molecular flexibility index (Phi) is 5.20. The number of sulfone groups is 1. The number of hydrogen-bond donors (Lipinski definition) is 2. The zero-order valence-corrected chi connectivity index (χ0v) is 17.9. The topological polar surface area (TPSA) is 77.0 Å². The molecule has 0 radical (unpaired) electrons. The molecule has 1 atom stereocenters. The molecule has 10 heteroatoms. The third kappa shape index (κ3) is 3.49. The minimum absolute atomic E-state index is 0.00453. The normalized spacial score (nSPS) is 22.1. The number of rotatable bonds is 5. The fraction of sp³-hybridized carbons (Fsp3) is 0.389. The Morgan fingerprint density at radius 2 is 2.07 bits per heavy atom. The molecule has 152 valence electrons. The molecule has 0 amide bonds. The van der Waals surface area contributed by atoms with Gasteiger partial charge in [-0.25, -0.2) is 17.8 Å². The van der Waals surface area contributed by atoms with Crippen molar-refractivity contribution in [3.8, 4) is 0 Å². The van der Waals surface area contributed by atoms with Crippen molar-refractivity contribution in [3.63, 3.8) is 0 Å². The quantitative estimate of drug-likeness (QED) is 0.701. The fourth-order valence-corrected chi connectivity index (χ4v) is 5.28. The van der Waals surface area contributed by atoms with E-state index in [4.69, 9.17) is 16.6 Å². The van der Waals surface area contributed by atoms with Crippen LogP contribution < -0.4 is 10.7 Å². The van der Waals surface area contributed by atoms with Crippen molar-refractivity contribution in [2.24, 2.45) is 4.99 Å². The maximum Gasteiger partial charge on any atom is 0.214 e. The third-order valence-electron chi connectivity index (χ3n) is 4.46. The number of fused-ring (bicyclic) bond motifs is 1. The third-order valence-corrected chi connectivity index (χ3v) is 6.54. The molecule has 2 aliphatic heterocycles. The Hall–Kier alpha value is -2.10. The summed E-state index contributed by atoms with van der Waals surface area (Å²) in [6.45, 7) is 4.43. The molecule has 0 aliphatic carbocycles. The summed E-state index contributed by atoms with van der Waals surface area (Å²) in [6, 6.07) is 3.35. The number of hydrogen-bond acceptors (Lipinski definition) is 7. The predicted octanol–water partition coefficient (Wildman–Crippen LogP) is 2.10. The van der Waals surface area contributed by atoms with Gasteiger partial charge < -0.3 is 10.2 Å². The highest BCUT2D eigenvalue weighted by atomic mass is 35.5. The van der Waals surface area contributed by atoms with Gasteiger partial charge in [-0.1, -0.05) is 11.6 Å². The van der Waals surface area contributed by atoms with Crippen molar-refractivity contribution in [2.75, 3.05) is 27.7 Å². The molecule has 0 bridgehead atoms. The SMILES string of the molecule is CNC1=C(S(=O)(=O)c2ccc(F)c(Cl)c2)C2=NC(C)(CN(C)C)C=C(C)N2N1. The Morgan fingerprint density at radius 3 is 2.64 bits per heavy atom. The van der Waals surface area contributed by atoms with Crippen LogP contribution in [-0.4, -0.2) is 57.4 Å². The number of hydrazine groups is 1. The van der Waals surface area contributed by atoms with Gasteiger partial charge in [0.2, 0.25) is 9.84 Å². The molecule has 0 saturated carbocycles. The van der Waals surface area contributed by atoms with Crippen LogP contribution in [0.4, 0.5) is 4.39 Å². The van der Waals surface area contributed by atoms with E-state index >= 15 is 0 Å². The van der Waals surface area contributed by atoms with E-state index in [2.05, 4.69) is 10.7 Å². The van der Waals surface area contributed by atoms with E-state index in [1.807, 2.05) is 38.9 Å². The van der Waals surface area contributed by atoms with Gasteiger partial charge in [0.15, 0.2) is 10.7 Å². The van der Waals surface area contributed by atoms with Crippen molar-refractivity contribution in [1.82, 2.24) is 20.7 Å². The standard InChI is InChI=1S/C18H23ClFN5O2S/c1-11-9-18(2,10-24(4)5)22-17-15(16(21-3)23-25(11)17)28(26,27)12-6-7-14(20)13(19)8-12/h6-9,21,23H,10H2,1-5H3. The Balaban J connectivity index is 2.17. The lowest BCUT2D eigenvalue weighted by atomic mass is 9.99. The highest BCUT2D eigenvalue weighted by molar-refractivity contribution is 7.96. The van der Waals surface area contributed by atoms with Gasteiger partial charge in [-0.3, -0.25) is 10.4 Å². The van der Waals surface area contributed by atoms with Crippen LogP contribution in [0.15, 0.2) is 50.6 Å². The van der Waals surface area contributed by atoms with Crippen molar-refractivity contribution in [2.45, 2.75) is 24.3 Å². The molecular weight excluding hydrogens is 405 g/mol. The molecule has 1 aromatic rings. The largest absolute Gasteiger partial charge is 0.372 e. The first-order chi connectivity index (χ1) is 13.0. The lowest BCUT2D eigenvalue weighted by Crippen LogP contribution is -2.45. The number of likely N-dealkylation sites (N-methyl/N-ethyl adjacent to an activating group) is 1. The molecule has 0 saturated heterocycles. The lowest BCUT2D eigenvalue weighted by Gasteiger charge is -2.34. The van der Waals surface area contributed by atoms with E-state index in [0.717, 1.165) is 17.8 Å². The fourth-order valence-electron chi connectivity index (χ4n) is 3.48. The van der Waals surface area contributed by atoms with E-state index < -0.39 is 21.2 Å². The van der Waals surface area contributed by atoms with Crippen LogP contribution in [0.3, 0.4) is 0 Å². The van der Waals surface area contributed by atoms with E-state index in [0.29, 0.717) is 12.4 Å². The number of amidine groups is 1. The van der Waals surface area contributed by atoms with Crippen LogP contribution >= 0.6 is 11.6 Å². The number of halogens is 2. The Labute approximate surface area is 169 Å². The molecule has 2 aliphatic rings. The maximum absolute atomic E-state index is 13.5. The van der Waals surface area contributed by atoms with Crippen LogP contribution in [0, 0.1) is 5.82 Å². The number of aliphatic imine (C=N–C) groups is 1. The predicted molar refractivity (Wildman–Crippen MR) is 108 cm³/mol. The first-order valence-electron chi connectivity index (χ1n) is 8.62. The van der Waals surface area contributed by atoms with E-state index in [9.17, 15) is 12.8 Å². The van der Waals surface area contributed by atoms with Crippen molar-refractivity contribution < 1.29 is 12.8 Å². The summed E-state index contributed by atoms with van der Waals surface area (Å²) in [4.78, 5) is 6.64. The first kappa shape index (κ1) is 20.6. The molecule has 0 aromatic heterocycles. The smallest absolute Gasteiger partial charge is 0.214 e. The van der Waals surface area contributed by atoms with E-state index in [-0.39, 0.29) is 20.7 Å². The van der Waals surface area contributed by atoms with Crippen LogP contribution in [-0.2, 0) is 9.84 Å². The van der Waals surface area contributed by atoms with Crippen LogP contribution in [0.5, 0.6) is 0 Å². The maximum atomic E-state index is 13.5. The average molecular weight is 428 g/mol. The van der Waals surface area contributed by atoms with Gasteiger partial charge in [0.05, 0.1) is 15.5 Å². The average Bonchev–Trinajstić information content (AvgIpc) is 2.95. The minimum atomic E-state index is -4.02. The van der Waals surface area contributed by atoms with Crippen molar-refractivity contribution in [3.05, 3.63) is 51.5 Å². The summed E-state index contributed by atoms with van der Waals surface area (Å²) in [5.41, 5.74) is 3.26. The molecule has 3 rings (SSSR count). The van der Waals surface area contributed by atoms with E-state index in [1.165, 1.54) is 6.07 Å². The van der Waals surface area contributed by atoms with Gasteiger partial charge in [-0.05, 0) is 52.2 Å². The summed E-state index contributed by atoms with van der Waals surface area (Å²) in [6.07, 6.45) is 1.99. The highest BCUT2D eigenvalue weighted by Gasteiger charge is 2.43. The Morgan fingerprint density at radius 1 is 1.39 bits per heavy atom. The van der Waals surface area contributed by atoms with Gasteiger partial charge in [0, 0.05) is 19.3 Å². The first-order valence-corrected chi connectivity index (χ1v) is 10.5. The molecule has 0 fully saturated rings. The van der Waals surface area contributed by atoms with Crippen molar-refractivity contribution in [1.29, 1.82) is 0 Å². The second kappa shape index (κ2) is 7.06. The summed E-state index contributed by atoms with van der Waals surface area (Å²) in [5, 5.41) is 4.25. The molecule has 2 N–H and O–H groups in total. The molecule has 1 unspecified atom stereocenters. The molecule has 0 spiro atoms. The molecule has 1 aromatic carbocycles. The Bertz CT molecular complexity index is 1020. The zero-order chi connectivity index (χ0) is 20.9. The number of allylic oxidation sites excluding steroid dienone is 1. The number of nitrogens with one attached hydrogen (secondary N) is 2. The minimum Gasteiger partial charge on any atom is -0.372 e. The molecule has 2 heterocycles. The summed E-state index contributed by atoms with van der Waals surface area (Å²) in [7, 11) is 1.46. The number of benzene rings is 1. The highest BCUT2D eigenvalue weighted by Crippen LogP contribution is 2.34. The zero-order valence-electron chi connectivity index (χ0n) is 16.3. The molecule has 28 heavy (non-hydrogen) atoms. The lowest BCUT2D eigenvalue weighted by molar-refractivity contribution is 0.321. The monoisotopic (exact) mass is 427 g/mol. The van der Waals surface area contributed by atoms with Gasteiger partial charge in [-0.2, -0.15) is 0 Å². The van der Waals surface area contributed by atoms with E-state index in [1.54, 1.807) is 12.1 Å². The van der Waals surface area contributed by atoms with Gasteiger partial charge in [0.1, 0.15) is 11.6 Å². The number of nitrogens with zero attached hydrogens (tertiary/aromatic N) is 3. The summed E-state index contributed by atoms with van der Waals surface area (Å²) >= 11 is 5.82.